The van der Waals surface area contributed by atoms with Crippen LogP contribution in [-0.4, -0.2) is 27.7 Å². The molecule has 0 unspecified atom stereocenters. The minimum atomic E-state index is -0.299. The maximum atomic E-state index is 13.3. The smallest absolute Gasteiger partial charge is 0.259 e. The van der Waals surface area contributed by atoms with Crippen LogP contribution in [0.5, 0.6) is 0 Å². The Morgan fingerprint density at radius 1 is 1.11 bits per heavy atom. The van der Waals surface area contributed by atoms with Gasteiger partial charge in [0, 0.05) is 18.2 Å². The summed E-state index contributed by atoms with van der Waals surface area (Å²) in [5.41, 5.74) is 2.51. The minimum Gasteiger partial charge on any atom is -0.361 e. The minimum absolute atomic E-state index is 0.0946. The van der Waals surface area contributed by atoms with Crippen molar-refractivity contribution in [2.75, 3.05) is 6.54 Å². The maximum absolute atomic E-state index is 13.3. The molecule has 3 heterocycles. The van der Waals surface area contributed by atoms with E-state index < -0.39 is 0 Å². The number of aryl methyl sites for hydroxylation is 2. The second-order valence-electron chi connectivity index (χ2n) is 7.18. The van der Waals surface area contributed by atoms with Crippen molar-refractivity contribution in [1.82, 2.24) is 15.2 Å². The summed E-state index contributed by atoms with van der Waals surface area (Å²) in [6, 6.07) is 7.75. The van der Waals surface area contributed by atoms with Crippen molar-refractivity contribution in [2.24, 2.45) is 0 Å². The number of amides is 1. The molecule has 0 N–H and O–H groups in total. The molecule has 146 valence electrons. The lowest BCUT2D eigenvalue weighted by Gasteiger charge is -2.28. The van der Waals surface area contributed by atoms with Crippen molar-refractivity contribution in [1.29, 1.82) is 0 Å². The zero-order valence-electron chi connectivity index (χ0n) is 15.9. The number of halogens is 1. The lowest BCUT2D eigenvalue weighted by molar-refractivity contribution is 0.0648. The standard InChI is InChI=1S/C21H22FN3O3/c1-13-20(14(2)27-23-13)21(26)25-11-5-3-4-6-18(25)19-12-17(24-28-19)15-7-9-16(22)10-8-15/h7-10,12,18H,3-6,11H2,1-2H3/t18-/m0/s1. The van der Waals surface area contributed by atoms with Gasteiger partial charge < -0.3 is 13.9 Å². The summed E-state index contributed by atoms with van der Waals surface area (Å²) in [5, 5.41) is 8.06. The Kier molecular flexibility index (Phi) is 4.98. The van der Waals surface area contributed by atoms with Crippen LogP contribution >= 0.6 is 0 Å². The largest absolute Gasteiger partial charge is 0.361 e. The molecule has 1 aliphatic heterocycles. The van der Waals surface area contributed by atoms with Crippen molar-refractivity contribution < 1.29 is 18.2 Å². The number of carbonyl (C=O) groups is 1. The molecule has 1 saturated heterocycles. The molecule has 1 amide bonds. The fourth-order valence-corrected chi connectivity index (χ4v) is 3.78. The van der Waals surface area contributed by atoms with Gasteiger partial charge in [-0.3, -0.25) is 4.79 Å². The molecule has 1 atom stereocenters. The lowest BCUT2D eigenvalue weighted by Crippen LogP contribution is -2.35. The molecule has 2 aromatic heterocycles. The Morgan fingerprint density at radius 3 is 2.61 bits per heavy atom. The number of nitrogens with zero attached hydrogens (tertiary/aromatic N) is 3. The fraction of sp³-hybridized carbons (Fsp3) is 0.381. The average Bonchev–Trinajstić information content (AvgIpc) is 3.21. The van der Waals surface area contributed by atoms with E-state index in [1.807, 2.05) is 11.0 Å². The molecule has 7 heteroatoms. The first-order valence-corrected chi connectivity index (χ1v) is 9.51. The summed E-state index contributed by atoms with van der Waals surface area (Å²) in [4.78, 5) is 15.1. The molecule has 1 aliphatic rings. The van der Waals surface area contributed by atoms with Crippen molar-refractivity contribution >= 4 is 5.91 Å². The molecule has 3 aromatic rings. The van der Waals surface area contributed by atoms with Crippen LogP contribution < -0.4 is 0 Å². The predicted molar refractivity (Wildman–Crippen MR) is 100 cm³/mol. The number of likely N-dealkylation sites (tertiary alicyclic amines) is 1. The normalized spacial score (nSPS) is 17.5. The highest BCUT2D eigenvalue weighted by atomic mass is 19.1. The molecule has 0 aliphatic carbocycles. The van der Waals surface area contributed by atoms with E-state index in [4.69, 9.17) is 9.05 Å². The average molecular weight is 383 g/mol. The van der Waals surface area contributed by atoms with Crippen LogP contribution in [0.3, 0.4) is 0 Å². The van der Waals surface area contributed by atoms with Crippen LogP contribution in [-0.2, 0) is 0 Å². The summed E-state index contributed by atoms with van der Waals surface area (Å²) in [5.74, 6) is 0.770. The molecular formula is C21H22FN3O3. The summed E-state index contributed by atoms with van der Waals surface area (Å²) in [6.45, 7) is 4.17. The Labute approximate surface area is 162 Å². The second-order valence-corrected chi connectivity index (χ2v) is 7.18. The SMILES string of the molecule is Cc1noc(C)c1C(=O)N1CCCCC[C@H]1c1cc(-c2ccc(F)cc2)no1. The van der Waals surface area contributed by atoms with Crippen LogP contribution in [0, 0.1) is 19.7 Å². The van der Waals surface area contributed by atoms with E-state index in [1.165, 1.54) is 12.1 Å². The van der Waals surface area contributed by atoms with Gasteiger partial charge in [0.15, 0.2) is 5.76 Å². The maximum Gasteiger partial charge on any atom is 0.259 e. The molecule has 28 heavy (non-hydrogen) atoms. The lowest BCUT2D eigenvalue weighted by atomic mass is 10.0. The highest BCUT2D eigenvalue weighted by Crippen LogP contribution is 2.34. The number of hydrogen-bond acceptors (Lipinski definition) is 5. The van der Waals surface area contributed by atoms with Crippen molar-refractivity contribution in [3.63, 3.8) is 0 Å². The van der Waals surface area contributed by atoms with Gasteiger partial charge in [-0.2, -0.15) is 0 Å². The van der Waals surface area contributed by atoms with Crippen molar-refractivity contribution in [3.05, 3.63) is 58.9 Å². The van der Waals surface area contributed by atoms with Gasteiger partial charge in [0.2, 0.25) is 0 Å². The molecule has 6 nitrogen and oxygen atoms in total. The number of rotatable bonds is 3. The van der Waals surface area contributed by atoms with Gasteiger partial charge in [-0.25, -0.2) is 4.39 Å². The van der Waals surface area contributed by atoms with E-state index in [0.717, 1.165) is 31.2 Å². The number of hydrogen-bond donors (Lipinski definition) is 0. The Balaban J connectivity index is 1.66. The van der Waals surface area contributed by atoms with Crippen molar-refractivity contribution in [3.8, 4) is 11.3 Å². The quantitative estimate of drug-likeness (QED) is 0.647. The first-order valence-electron chi connectivity index (χ1n) is 9.51. The molecular weight excluding hydrogens is 361 g/mol. The van der Waals surface area contributed by atoms with E-state index in [1.54, 1.807) is 26.0 Å². The van der Waals surface area contributed by atoms with Crippen LogP contribution in [0.15, 0.2) is 39.4 Å². The van der Waals surface area contributed by atoms with E-state index in [-0.39, 0.29) is 17.8 Å². The molecule has 0 spiro atoms. The van der Waals surface area contributed by atoms with Crippen molar-refractivity contribution in [2.45, 2.75) is 45.6 Å². The summed E-state index contributed by atoms with van der Waals surface area (Å²) >= 11 is 0. The summed E-state index contributed by atoms with van der Waals surface area (Å²) in [6.07, 6.45) is 3.79. The molecule has 1 fully saturated rings. The van der Waals surface area contributed by atoms with Crippen LogP contribution in [0.2, 0.25) is 0 Å². The summed E-state index contributed by atoms with van der Waals surface area (Å²) in [7, 11) is 0. The number of aromatic nitrogens is 2. The molecule has 0 saturated carbocycles. The number of benzene rings is 1. The zero-order valence-corrected chi connectivity index (χ0v) is 15.9. The van der Waals surface area contributed by atoms with Gasteiger partial charge >= 0.3 is 0 Å². The van der Waals surface area contributed by atoms with Gasteiger partial charge in [-0.15, -0.1) is 0 Å². The van der Waals surface area contributed by atoms with Crippen LogP contribution in [0.25, 0.3) is 11.3 Å². The van der Waals surface area contributed by atoms with E-state index >= 15 is 0 Å². The molecule has 0 bridgehead atoms. The van der Waals surface area contributed by atoms with E-state index in [2.05, 4.69) is 10.3 Å². The van der Waals surface area contributed by atoms with Gasteiger partial charge in [0.25, 0.3) is 5.91 Å². The monoisotopic (exact) mass is 383 g/mol. The Morgan fingerprint density at radius 2 is 1.89 bits per heavy atom. The fourth-order valence-electron chi connectivity index (χ4n) is 3.78. The van der Waals surface area contributed by atoms with Crippen LogP contribution in [0.4, 0.5) is 4.39 Å². The molecule has 0 radical (unpaired) electrons. The topological polar surface area (TPSA) is 72.4 Å². The summed E-state index contributed by atoms with van der Waals surface area (Å²) < 4.78 is 24.0. The van der Waals surface area contributed by atoms with Gasteiger partial charge in [0.05, 0.1) is 11.7 Å². The van der Waals surface area contributed by atoms with Gasteiger partial charge in [-0.1, -0.05) is 23.2 Å². The first-order chi connectivity index (χ1) is 13.5. The van der Waals surface area contributed by atoms with Gasteiger partial charge in [0.1, 0.15) is 22.8 Å². The highest BCUT2D eigenvalue weighted by molar-refractivity contribution is 5.96. The van der Waals surface area contributed by atoms with E-state index in [9.17, 15) is 9.18 Å². The number of carbonyl (C=O) groups excluding carboxylic acids is 1. The third kappa shape index (κ3) is 3.44. The second kappa shape index (κ2) is 7.58. The Hall–Kier alpha value is -2.96. The molecule has 4 rings (SSSR count). The van der Waals surface area contributed by atoms with Gasteiger partial charge in [-0.05, 0) is 51.0 Å². The predicted octanol–water partition coefficient (Wildman–Crippen LogP) is 4.84. The Bertz CT molecular complexity index is 958. The van der Waals surface area contributed by atoms with E-state index in [0.29, 0.717) is 35.0 Å². The third-order valence-electron chi connectivity index (χ3n) is 5.26. The van der Waals surface area contributed by atoms with Crippen LogP contribution in [0.1, 0.15) is 59.3 Å². The first kappa shape index (κ1) is 18.4. The highest BCUT2D eigenvalue weighted by Gasteiger charge is 2.33. The third-order valence-corrected chi connectivity index (χ3v) is 5.26. The molecule has 1 aromatic carbocycles. The zero-order chi connectivity index (χ0) is 19.7.